The number of rotatable bonds is 4. The molecule has 0 bridgehead atoms. The molecule has 2 rings (SSSR count). The van der Waals surface area contributed by atoms with Crippen LogP contribution in [0.25, 0.3) is 11.5 Å². The predicted molar refractivity (Wildman–Crippen MR) is 66.5 cm³/mol. The molecule has 96 valence electrons. The first-order valence-corrected chi connectivity index (χ1v) is 5.95. The van der Waals surface area contributed by atoms with E-state index in [1.54, 1.807) is 6.07 Å². The zero-order valence-corrected chi connectivity index (χ0v) is 10.7. The van der Waals surface area contributed by atoms with Gasteiger partial charge in [0.2, 0.25) is 11.8 Å². The molecule has 0 saturated carbocycles. The molecule has 1 atom stereocenters. The average molecular weight is 249 g/mol. The molecule has 1 N–H and O–H groups in total. The van der Waals surface area contributed by atoms with E-state index in [0.717, 1.165) is 17.7 Å². The second kappa shape index (κ2) is 5.27. The van der Waals surface area contributed by atoms with Gasteiger partial charge in [-0.2, -0.15) is 0 Å². The SMILES string of the molecule is CCNC(C)c1nnc(-c2ccc(F)cc2C)o1. The highest BCUT2D eigenvalue weighted by atomic mass is 19.1. The third kappa shape index (κ3) is 2.56. The molecule has 1 aromatic heterocycles. The van der Waals surface area contributed by atoms with Crippen molar-refractivity contribution in [2.75, 3.05) is 6.54 Å². The maximum absolute atomic E-state index is 13.0. The van der Waals surface area contributed by atoms with Gasteiger partial charge in [0, 0.05) is 5.56 Å². The highest BCUT2D eigenvalue weighted by molar-refractivity contribution is 5.57. The van der Waals surface area contributed by atoms with Crippen LogP contribution in [0, 0.1) is 12.7 Å². The fourth-order valence-electron chi connectivity index (χ4n) is 1.78. The number of aryl methyl sites for hydroxylation is 1. The molecule has 0 aliphatic carbocycles. The topological polar surface area (TPSA) is 51.0 Å². The van der Waals surface area contributed by atoms with E-state index in [2.05, 4.69) is 15.5 Å². The summed E-state index contributed by atoms with van der Waals surface area (Å²) in [6, 6.07) is 4.50. The maximum atomic E-state index is 13.0. The van der Waals surface area contributed by atoms with Gasteiger partial charge in [-0.3, -0.25) is 0 Å². The van der Waals surface area contributed by atoms with Crippen molar-refractivity contribution >= 4 is 0 Å². The molecule has 0 spiro atoms. The van der Waals surface area contributed by atoms with Crippen LogP contribution in [-0.2, 0) is 0 Å². The van der Waals surface area contributed by atoms with Gasteiger partial charge in [0.15, 0.2) is 0 Å². The lowest BCUT2D eigenvalue weighted by Crippen LogP contribution is -2.17. The number of hydrogen-bond donors (Lipinski definition) is 1. The minimum atomic E-state index is -0.267. The second-order valence-electron chi connectivity index (χ2n) is 4.18. The van der Waals surface area contributed by atoms with E-state index >= 15 is 0 Å². The van der Waals surface area contributed by atoms with Crippen molar-refractivity contribution in [2.45, 2.75) is 26.8 Å². The fourth-order valence-corrected chi connectivity index (χ4v) is 1.78. The van der Waals surface area contributed by atoms with Gasteiger partial charge in [-0.25, -0.2) is 4.39 Å². The van der Waals surface area contributed by atoms with Crippen molar-refractivity contribution in [3.63, 3.8) is 0 Å². The lowest BCUT2D eigenvalue weighted by molar-refractivity contribution is 0.429. The van der Waals surface area contributed by atoms with E-state index in [1.807, 2.05) is 20.8 Å². The summed E-state index contributed by atoms with van der Waals surface area (Å²) >= 11 is 0. The zero-order chi connectivity index (χ0) is 13.1. The summed E-state index contributed by atoms with van der Waals surface area (Å²) in [5.41, 5.74) is 1.54. The van der Waals surface area contributed by atoms with Gasteiger partial charge in [0.1, 0.15) is 5.82 Å². The Bertz CT molecular complexity index is 539. The standard InChI is InChI=1S/C13H16FN3O/c1-4-15-9(3)12-16-17-13(18-12)11-6-5-10(14)7-8(11)2/h5-7,9,15H,4H2,1-3H3. The number of aromatic nitrogens is 2. The van der Waals surface area contributed by atoms with E-state index in [1.165, 1.54) is 12.1 Å². The van der Waals surface area contributed by atoms with Crippen molar-refractivity contribution in [2.24, 2.45) is 0 Å². The van der Waals surface area contributed by atoms with Crippen LogP contribution in [0.2, 0.25) is 0 Å². The Hall–Kier alpha value is -1.75. The Morgan fingerprint density at radius 2 is 2.17 bits per heavy atom. The summed E-state index contributed by atoms with van der Waals surface area (Å²) < 4.78 is 18.6. The summed E-state index contributed by atoms with van der Waals surface area (Å²) in [5.74, 6) is 0.694. The zero-order valence-electron chi connectivity index (χ0n) is 10.7. The van der Waals surface area contributed by atoms with E-state index in [0.29, 0.717) is 11.8 Å². The minimum Gasteiger partial charge on any atom is -0.419 e. The number of hydrogen-bond acceptors (Lipinski definition) is 4. The van der Waals surface area contributed by atoms with Crippen molar-refractivity contribution in [1.82, 2.24) is 15.5 Å². The first-order chi connectivity index (χ1) is 8.61. The molecule has 0 radical (unpaired) electrons. The summed E-state index contributed by atoms with van der Waals surface area (Å²) in [4.78, 5) is 0. The van der Waals surface area contributed by atoms with Crippen LogP contribution in [0.1, 0.15) is 31.3 Å². The number of benzene rings is 1. The molecular weight excluding hydrogens is 233 g/mol. The summed E-state index contributed by atoms with van der Waals surface area (Å²) in [6.45, 7) is 6.61. The van der Waals surface area contributed by atoms with Crippen molar-refractivity contribution < 1.29 is 8.81 Å². The molecule has 1 unspecified atom stereocenters. The van der Waals surface area contributed by atoms with Crippen LogP contribution in [-0.4, -0.2) is 16.7 Å². The highest BCUT2D eigenvalue weighted by Crippen LogP contribution is 2.24. The smallest absolute Gasteiger partial charge is 0.248 e. The number of nitrogens with one attached hydrogen (secondary N) is 1. The minimum absolute atomic E-state index is 0.0111. The molecule has 4 nitrogen and oxygen atoms in total. The van der Waals surface area contributed by atoms with Gasteiger partial charge < -0.3 is 9.73 Å². The monoisotopic (exact) mass is 249 g/mol. The quantitative estimate of drug-likeness (QED) is 0.905. The Morgan fingerprint density at radius 1 is 1.39 bits per heavy atom. The van der Waals surface area contributed by atoms with Gasteiger partial charge in [0.05, 0.1) is 6.04 Å². The van der Waals surface area contributed by atoms with E-state index in [4.69, 9.17) is 4.42 Å². The molecule has 0 fully saturated rings. The Labute approximate surface area is 105 Å². The molecule has 0 aliphatic heterocycles. The fraction of sp³-hybridized carbons (Fsp3) is 0.385. The third-order valence-electron chi connectivity index (χ3n) is 2.74. The lowest BCUT2D eigenvalue weighted by Gasteiger charge is -2.06. The van der Waals surface area contributed by atoms with Crippen LogP contribution in [0.15, 0.2) is 22.6 Å². The van der Waals surface area contributed by atoms with E-state index < -0.39 is 0 Å². The van der Waals surface area contributed by atoms with Crippen LogP contribution in [0.3, 0.4) is 0 Å². The van der Waals surface area contributed by atoms with Gasteiger partial charge in [-0.1, -0.05) is 6.92 Å². The van der Waals surface area contributed by atoms with E-state index in [9.17, 15) is 4.39 Å². The summed E-state index contributed by atoms with van der Waals surface area (Å²) in [5, 5.41) is 11.2. The third-order valence-corrected chi connectivity index (χ3v) is 2.74. The van der Waals surface area contributed by atoms with Crippen LogP contribution in [0.4, 0.5) is 4.39 Å². The summed E-state index contributed by atoms with van der Waals surface area (Å²) in [6.07, 6.45) is 0. The first-order valence-electron chi connectivity index (χ1n) is 5.95. The first kappa shape index (κ1) is 12.7. The molecule has 2 aromatic rings. The normalized spacial score (nSPS) is 12.7. The molecule has 0 aliphatic rings. The highest BCUT2D eigenvalue weighted by Gasteiger charge is 2.15. The summed E-state index contributed by atoms with van der Waals surface area (Å²) in [7, 11) is 0. The molecule has 18 heavy (non-hydrogen) atoms. The van der Waals surface area contributed by atoms with Gasteiger partial charge in [-0.15, -0.1) is 10.2 Å². The Kier molecular flexibility index (Phi) is 3.72. The van der Waals surface area contributed by atoms with Gasteiger partial charge >= 0.3 is 0 Å². The predicted octanol–water partition coefficient (Wildman–Crippen LogP) is 2.85. The van der Waals surface area contributed by atoms with E-state index in [-0.39, 0.29) is 11.9 Å². The molecule has 1 aromatic carbocycles. The number of halogens is 1. The molecule has 5 heteroatoms. The lowest BCUT2D eigenvalue weighted by atomic mass is 10.1. The Morgan fingerprint density at radius 3 is 2.83 bits per heavy atom. The molecule has 1 heterocycles. The largest absolute Gasteiger partial charge is 0.419 e. The van der Waals surface area contributed by atoms with Gasteiger partial charge in [-0.05, 0) is 44.2 Å². The molecular formula is C13H16FN3O. The Balaban J connectivity index is 2.29. The second-order valence-corrected chi connectivity index (χ2v) is 4.18. The van der Waals surface area contributed by atoms with Crippen LogP contribution >= 0.6 is 0 Å². The molecule has 0 amide bonds. The van der Waals surface area contributed by atoms with Gasteiger partial charge in [0.25, 0.3) is 0 Å². The van der Waals surface area contributed by atoms with Crippen molar-refractivity contribution in [3.05, 3.63) is 35.5 Å². The van der Waals surface area contributed by atoms with Crippen LogP contribution in [0.5, 0.6) is 0 Å². The molecule has 0 saturated heterocycles. The average Bonchev–Trinajstić information content (AvgIpc) is 2.78. The van der Waals surface area contributed by atoms with Crippen LogP contribution < -0.4 is 5.32 Å². The van der Waals surface area contributed by atoms with Crippen molar-refractivity contribution in [3.8, 4) is 11.5 Å². The maximum Gasteiger partial charge on any atom is 0.248 e. The number of nitrogens with zero attached hydrogens (tertiary/aromatic N) is 2. The van der Waals surface area contributed by atoms with Crippen molar-refractivity contribution in [1.29, 1.82) is 0 Å².